The van der Waals surface area contributed by atoms with E-state index in [9.17, 15) is 17.2 Å². The molecule has 0 spiro atoms. The van der Waals surface area contributed by atoms with Crippen LogP contribution in [0, 0.1) is 18.3 Å². The van der Waals surface area contributed by atoms with Crippen molar-refractivity contribution in [2.45, 2.75) is 26.3 Å². The molecule has 13 heteroatoms. The number of anilines is 1. The number of thiazole rings is 1. The minimum absolute atomic E-state index is 0.125. The third-order valence-corrected chi connectivity index (χ3v) is 6.33. The molecule has 3 aromatic heterocycles. The lowest BCUT2D eigenvalue weighted by Gasteiger charge is -2.23. The number of rotatable bonds is 8. The smallest absolute Gasteiger partial charge is 0.314 e. The van der Waals surface area contributed by atoms with Gasteiger partial charge in [-0.25, -0.2) is 13.4 Å². The van der Waals surface area contributed by atoms with E-state index < -0.39 is 22.3 Å². The Balaban J connectivity index is 1.90. The summed E-state index contributed by atoms with van der Waals surface area (Å²) in [4.78, 5) is 8.49. The van der Waals surface area contributed by atoms with E-state index in [1.807, 2.05) is 6.07 Å². The molecule has 3 heterocycles. The van der Waals surface area contributed by atoms with Crippen molar-refractivity contribution in [3.05, 3.63) is 41.1 Å². The Labute approximate surface area is 168 Å². The predicted octanol–water partition coefficient (Wildman–Crippen LogP) is 3.08. The van der Waals surface area contributed by atoms with Crippen molar-refractivity contribution in [3.8, 4) is 16.8 Å². The van der Waals surface area contributed by atoms with Gasteiger partial charge in [-0.2, -0.15) is 14.0 Å². The first-order valence-electron chi connectivity index (χ1n) is 8.16. The van der Waals surface area contributed by atoms with Gasteiger partial charge >= 0.3 is 6.43 Å². The van der Waals surface area contributed by atoms with Gasteiger partial charge in [-0.3, -0.25) is 9.29 Å². The van der Waals surface area contributed by atoms with E-state index in [-0.39, 0.29) is 24.6 Å². The number of aromatic nitrogens is 4. The van der Waals surface area contributed by atoms with E-state index in [1.54, 1.807) is 19.2 Å². The maximum atomic E-state index is 12.8. The van der Waals surface area contributed by atoms with Gasteiger partial charge in [0, 0.05) is 6.20 Å². The Morgan fingerprint density at radius 1 is 1.31 bits per heavy atom. The van der Waals surface area contributed by atoms with Crippen molar-refractivity contribution in [1.29, 1.82) is 5.26 Å². The molecule has 0 aromatic carbocycles. The Morgan fingerprint density at radius 3 is 2.76 bits per heavy atom. The lowest BCUT2D eigenvalue weighted by molar-refractivity contribution is 0.116. The summed E-state index contributed by atoms with van der Waals surface area (Å²) in [7, 11) is -3.83. The first-order chi connectivity index (χ1) is 13.8. The summed E-state index contributed by atoms with van der Waals surface area (Å²) in [5, 5.41) is 15.9. The Bertz CT molecular complexity index is 1140. The first kappa shape index (κ1) is 20.7. The molecular weight excluding hydrogens is 426 g/mol. The van der Waals surface area contributed by atoms with Crippen LogP contribution in [0.25, 0.3) is 10.8 Å². The second-order valence-electron chi connectivity index (χ2n) is 5.82. The van der Waals surface area contributed by atoms with Crippen LogP contribution in [0.4, 0.5) is 14.5 Å². The van der Waals surface area contributed by atoms with Gasteiger partial charge in [-0.15, -0.1) is 21.5 Å². The molecule has 0 aliphatic rings. The molecule has 0 saturated carbocycles. The average Bonchev–Trinajstić information content (AvgIpc) is 3.33. The van der Waals surface area contributed by atoms with Crippen LogP contribution in [0.1, 0.15) is 29.3 Å². The topological polar surface area (TPSA) is 126 Å². The molecule has 0 saturated heterocycles. The number of aryl methyl sites for hydroxylation is 1. The molecule has 0 aliphatic heterocycles. The minimum atomic E-state index is -3.83. The maximum Gasteiger partial charge on any atom is 0.314 e. The number of hydrogen-bond acceptors (Lipinski definition) is 9. The van der Waals surface area contributed by atoms with Gasteiger partial charge in [-0.05, 0) is 18.6 Å². The first-order valence-corrected chi connectivity index (χ1v) is 10.6. The van der Waals surface area contributed by atoms with Crippen molar-refractivity contribution in [3.63, 3.8) is 0 Å². The molecule has 0 radical (unpaired) electrons. The fourth-order valence-electron chi connectivity index (χ4n) is 2.34. The molecule has 29 heavy (non-hydrogen) atoms. The van der Waals surface area contributed by atoms with Gasteiger partial charge in [0.15, 0.2) is 0 Å². The van der Waals surface area contributed by atoms with Crippen LogP contribution in [0.15, 0.2) is 29.1 Å². The third-order valence-electron chi connectivity index (χ3n) is 3.63. The zero-order valence-corrected chi connectivity index (χ0v) is 16.6. The van der Waals surface area contributed by atoms with Gasteiger partial charge in [0.1, 0.15) is 9.88 Å². The molecule has 152 valence electrons. The van der Waals surface area contributed by atoms with E-state index in [4.69, 9.17) is 9.68 Å². The van der Waals surface area contributed by atoms with Gasteiger partial charge in [0.2, 0.25) is 10.0 Å². The molecule has 0 bridgehead atoms. The summed E-state index contributed by atoms with van der Waals surface area (Å²) in [6, 6.07) is 3.47. The number of nitriles is 1. The van der Waals surface area contributed by atoms with Crippen molar-refractivity contribution in [2.75, 3.05) is 10.1 Å². The van der Waals surface area contributed by atoms with Crippen LogP contribution in [0.5, 0.6) is 0 Å². The van der Waals surface area contributed by atoms with E-state index in [1.165, 1.54) is 12.4 Å². The molecule has 3 aromatic rings. The van der Waals surface area contributed by atoms with Gasteiger partial charge in [0.25, 0.3) is 11.8 Å². The number of hydrogen-bond donors (Lipinski definition) is 0. The zero-order chi connectivity index (χ0) is 21.0. The van der Waals surface area contributed by atoms with Gasteiger partial charge in [-0.1, -0.05) is 0 Å². The number of halogens is 2. The van der Waals surface area contributed by atoms with Crippen LogP contribution in [0.2, 0.25) is 0 Å². The fraction of sp³-hybridized carbons (Fsp3) is 0.312. The van der Waals surface area contributed by atoms with Crippen LogP contribution < -0.4 is 4.31 Å². The summed E-state index contributed by atoms with van der Waals surface area (Å²) >= 11 is 1.03. The van der Waals surface area contributed by atoms with E-state index in [0.29, 0.717) is 15.6 Å². The quantitative estimate of drug-likeness (QED) is 0.523. The molecule has 0 fully saturated rings. The fourth-order valence-corrected chi connectivity index (χ4v) is 4.56. The van der Waals surface area contributed by atoms with E-state index in [0.717, 1.165) is 21.2 Å². The molecule has 0 amide bonds. The Morgan fingerprint density at radius 2 is 2.10 bits per heavy atom. The highest BCUT2D eigenvalue weighted by Gasteiger charge is 2.25. The molecule has 3 rings (SSSR count). The normalized spacial score (nSPS) is 11.6. The SMILES string of the molecule is Cc1cncc(N(Cc2ncc(-c3nnc(C(F)F)o3)s2)S(=O)(=O)CCC#N)c1. The Kier molecular flexibility index (Phi) is 6.14. The van der Waals surface area contributed by atoms with Crippen molar-refractivity contribution in [2.24, 2.45) is 0 Å². The van der Waals surface area contributed by atoms with Crippen molar-refractivity contribution >= 4 is 27.0 Å². The molecule has 0 atom stereocenters. The van der Waals surface area contributed by atoms with Crippen LogP contribution in [-0.2, 0) is 16.6 Å². The molecular formula is C16H14F2N6O3S2. The second-order valence-corrected chi connectivity index (χ2v) is 8.94. The lowest BCUT2D eigenvalue weighted by atomic mass is 10.3. The number of alkyl halides is 2. The highest BCUT2D eigenvalue weighted by atomic mass is 32.2. The van der Waals surface area contributed by atoms with Crippen LogP contribution in [0.3, 0.4) is 0 Å². The summed E-state index contributed by atoms with van der Waals surface area (Å²) in [6.07, 6.45) is 1.27. The molecule has 0 unspecified atom stereocenters. The standard InChI is InChI=1S/C16H14F2N6O3S2/c1-10-5-11(7-20-6-10)24(29(25,26)4-2-3-19)9-13-21-8-12(28-13)15-22-23-16(27-15)14(17)18/h5-8,14H,2,4,9H2,1H3. The van der Waals surface area contributed by atoms with E-state index in [2.05, 4.69) is 20.2 Å². The predicted molar refractivity (Wildman–Crippen MR) is 99.5 cm³/mol. The number of pyridine rings is 1. The minimum Gasteiger partial charge on any atom is -0.414 e. The van der Waals surface area contributed by atoms with Gasteiger partial charge < -0.3 is 4.42 Å². The third kappa shape index (κ3) is 4.90. The molecule has 0 aliphatic carbocycles. The largest absolute Gasteiger partial charge is 0.414 e. The number of sulfonamides is 1. The summed E-state index contributed by atoms with van der Waals surface area (Å²) in [6.45, 7) is 1.65. The monoisotopic (exact) mass is 440 g/mol. The summed E-state index contributed by atoms with van der Waals surface area (Å²) < 4.78 is 56.8. The number of nitrogens with zero attached hydrogens (tertiary/aromatic N) is 6. The highest BCUT2D eigenvalue weighted by molar-refractivity contribution is 7.92. The van der Waals surface area contributed by atoms with Crippen LogP contribution in [-0.4, -0.2) is 34.3 Å². The van der Waals surface area contributed by atoms with Crippen LogP contribution >= 0.6 is 11.3 Å². The maximum absolute atomic E-state index is 12.8. The lowest BCUT2D eigenvalue weighted by Crippen LogP contribution is -2.32. The van der Waals surface area contributed by atoms with E-state index >= 15 is 0 Å². The highest BCUT2D eigenvalue weighted by Crippen LogP contribution is 2.30. The van der Waals surface area contributed by atoms with Crippen molar-refractivity contribution in [1.82, 2.24) is 20.2 Å². The van der Waals surface area contributed by atoms with Gasteiger partial charge in [0.05, 0.1) is 42.9 Å². The molecule has 0 N–H and O–H groups in total. The molecule has 9 nitrogen and oxygen atoms in total. The second kappa shape index (κ2) is 8.58. The summed E-state index contributed by atoms with van der Waals surface area (Å²) in [5.41, 5.74) is 1.09. The average molecular weight is 440 g/mol. The summed E-state index contributed by atoms with van der Waals surface area (Å²) in [5.74, 6) is -1.29. The van der Waals surface area contributed by atoms with Crippen molar-refractivity contribution < 1.29 is 21.6 Å². The zero-order valence-electron chi connectivity index (χ0n) is 15.0. The Hall–Kier alpha value is -2.98.